The van der Waals surface area contributed by atoms with Crippen molar-refractivity contribution < 1.29 is 14.6 Å². The first-order valence-corrected chi connectivity index (χ1v) is 10.7. The number of nitrogens with one attached hydrogen (secondary N) is 1. The van der Waals surface area contributed by atoms with E-state index in [0.717, 1.165) is 42.9 Å². The van der Waals surface area contributed by atoms with Crippen LogP contribution in [-0.4, -0.2) is 59.3 Å². The number of hydrogen-bond acceptors (Lipinski definition) is 7. The normalized spacial score (nSPS) is 20.4. The molecule has 1 unspecified atom stereocenters. The van der Waals surface area contributed by atoms with Gasteiger partial charge in [-0.25, -0.2) is 9.99 Å². The van der Waals surface area contributed by atoms with E-state index < -0.39 is 0 Å². The molecule has 4 rings (SSSR count). The van der Waals surface area contributed by atoms with Crippen LogP contribution in [0.2, 0.25) is 0 Å². The molecule has 7 nitrogen and oxygen atoms in total. The van der Waals surface area contributed by atoms with Crippen molar-refractivity contribution in [2.24, 2.45) is 0 Å². The Labute approximate surface area is 174 Å². The predicted octanol–water partition coefficient (Wildman–Crippen LogP) is 4.18. The van der Waals surface area contributed by atoms with E-state index in [4.69, 9.17) is 19.9 Å². The third kappa shape index (κ3) is 3.47. The highest BCUT2D eigenvalue weighted by atomic mass is 32.1. The molecule has 3 heterocycles. The summed E-state index contributed by atoms with van der Waals surface area (Å²) in [4.78, 5) is 4.74. The Morgan fingerprint density at radius 1 is 1.17 bits per heavy atom. The van der Waals surface area contributed by atoms with Gasteiger partial charge in [-0.15, -0.1) is 11.3 Å². The minimum Gasteiger partial charge on any atom is -0.509 e. The number of piperidine rings is 1. The summed E-state index contributed by atoms with van der Waals surface area (Å²) in [6.45, 7) is 3.76. The minimum absolute atomic E-state index is 0.207. The molecule has 154 valence electrons. The molecule has 0 amide bonds. The van der Waals surface area contributed by atoms with Gasteiger partial charge < -0.3 is 14.6 Å². The molecule has 1 atom stereocenters. The molecule has 0 radical (unpaired) electrons. The first-order valence-electron chi connectivity index (χ1n) is 9.79. The van der Waals surface area contributed by atoms with Gasteiger partial charge in [-0.1, -0.05) is 6.42 Å². The van der Waals surface area contributed by atoms with Crippen LogP contribution in [0, 0.1) is 5.41 Å². The molecule has 0 saturated carbocycles. The number of aliphatic hydroxyl groups excluding tert-OH is 1. The summed E-state index contributed by atoms with van der Waals surface area (Å²) in [5, 5.41) is 26.2. The average molecular weight is 415 g/mol. The van der Waals surface area contributed by atoms with Gasteiger partial charge in [0.2, 0.25) is 0 Å². The first-order chi connectivity index (χ1) is 14.0. The second kappa shape index (κ2) is 8.04. The summed E-state index contributed by atoms with van der Waals surface area (Å²) in [7, 11) is 3.25. The lowest BCUT2D eigenvalue weighted by Crippen LogP contribution is -2.50. The standard InChI is InChI=1S/C21H26N4O3S/c1-13-19(26)18(20(22)25(13)24-9-5-4-6-10-24)21-23-16(12-29-21)15-11-14(27-2)7-8-17(15)28-3/h7-8,11-13,22,26H,4-6,9-10H2,1-3H3. The van der Waals surface area contributed by atoms with E-state index in [1.165, 1.54) is 17.8 Å². The van der Waals surface area contributed by atoms with Crippen molar-refractivity contribution in [3.05, 3.63) is 34.3 Å². The molecule has 0 spiro atoms. The molecule has 1 saturated heterocycles. The number of aliphatic hydroxyl groups is 1. The van der Waals surface area contributed by atoms with Crippen LogP contribution in [0.4, 0.5) is 0 Å². The molecule has 8 heteroatoms. The van der Waals surface area contributed by atoms with Crippen molar-refractivity contribution in [2.75, 3.05) is 27.3 Å². The van der Waals surface area contributed by atoms with Gasteiger partial charge >= 0.3 is 0 Å². The molecule has 1 fully saturated rings. The maximum Gasteiger partial charge on any atom is 0.150 e. The van der Waals surface area contributed by atoms with Crippen LogP contribution in [0.3, 0.4) is 0 Å². The Kier molecular flexibility index (Phi) is 5.47. The summed E-state index contributed by atoms with van der Waals surface area (Å²) >= 11 is 1.42. The largest absolute Gasteiger partial charge is 0.509 e. The molecule has 2 N–H and O–H groups in total. The summed E-state index contributed by atoms with van der Waals surface area (Å²) in [5.41, 5.74) is 2.07. The number of ether oxygens (including phenoxy) is 2. The van der Waals surface area contributed by atoms with Crippen LogP contribution in [0.1, 0.15) is 31.2 Å². The Hall–Kier alpha value is -2.58. The molecule has 0 aliphatic carbocycles. The molecular formula is C21H26N4O3S. The third-order valence-corrected chi connectivity index (χ3v) is 6.38. The topological polar surface area (TPSA) is 81.9 Å². The molecule has 2 aliphatic heterocycles. The number of rotatable bonds is 5. The summed E-state index contributed by atoms with van der Waals surface area (Å²) < 4.78 is 10.8. The molecule has 2 aromatic rings. The number of hydrogen-bond donors (Lipinski definition) is 2. The fourth-order valence-electron chi connectivity index (χ4n) is 3.97. The maximum atomic E-state index is 10.8. The molecule has 1 aromatic heterocycles. The maximum absolute atomic E-state index is 10.8. The zero-order chi connectivity index (χ0) is 20.5. The van der Waals surface area contributed by atoms with Crippen LogP contribution in [-0.2, 0) is 0 Å². The fraction of sp³-hybridized carbons (Fsp3) is 0.429. The van der Waals surface area contributed by atoms with Crippen molar-refractivity contribution in [3.63, 3.8) is 0 Å². The number of methoxy groups -OCH3 is 2. The lowest BCUT2D eigenvalue weighted by molar-refractivity contribution is 0.00324. The molecule has 1 aromatic carbocycles. The van der Waals surface area contributed by atoms with E-state index in [1.54, 1.807) is 14.2 Å². The van der Waals surface area contributed by atoms with Gasteiger partial charge in [0, 0.05) is 24.0 Å². The monoisotopic (exact) mass is 414 g/mol. The number of thiazole rings is 1. The van der Waals surface area contributed by atoms with E-state index in [1.807, 2.05) is 35.5 Å². The van der Waals surface area contributed by atoms with E-state index in [0.29, 0.717) is 22.2 Å². The zero-order valence-electron chi connectivity index (χ0n) is 16.9. The van der Waals surface area contributed by atoms with Crippen molar-refractivity contribution in [1.82, 2.24) is 15.0 Å². The van der Waals surface area contributed by atoms with E-state index in [-0.39, 0.29) is 11.8 Å². The lowest BCUT2D eigenvalue weighted by Gasteiger charge is -2.38. The molecule has 29 heavy (non-hydrogen) atoms. The lowest BCUT2D eigenvalue weighted by atomic mass is 10.1. The van der Waals surface area contributed by atoms with Gasteiger partial charge in [0.05, 0.1) is 25.5 Å². The third-order valence-electron chi connectivity index (χ3n) is 5.52. The fourth-order valence-corrected chi connectivity index (χ4v) is 4.84. The quantitative estimate of drug-likeness (QED) is 0.764. The number of nitrogens with zero attached hydrogens (tertiary/aromatic N) is 3. The van der Waals surface area contributed by atoms with Crippen molar-refractivity contribution >= 4 is 22.7 Å². The minimum atomic E-state index is -0.255. The Bertz CT molecular complexity index is 949. The summed E-state index contributed by atoms with van der Waals surface area (Å²) in [5.74, 6) is 1.94. The van der Waals surface area contributed by atoms with Gasteiger partial charge in [0.1, 0.15) is 34.1 Å². The Balaban J connectivity index is 1.67. The van der Waals surface area contributed by atoms with Crippen molar-refractivity contribution in [1.29, 1.82) is 5.41 Å². The van der Waals surface area contributed by atoms with Crippen LogP contribution in [0.15, 0.2) is 29.3 Å². The van der Waals surface area contributed by atoms with E-state index in [9.17, 15) is 5.11 Å². The Morgan fingerprint density at radius 2 is 1.93 bits per heavy atom. The van der Waals surface area contributed by atoms with Gasteiger partial charge in [0.25, 0.3) is 0 Å². The average Bonchev–Trinajstić information content (AvgIpc) is 3.31. The van der Waals surface area contributed by atoms with Gasteiger partial charge in [-0.05, 0) is 38.0 Å². The highest BCUT2D eigenvalue weighted by Gasteiger charge is 2.39. The highest BCUT2D eigenvalue weighted by Crippen LogP contribution is 2.39. The second-order valence-electron chi connectivity index (χ2n) is 7.25. The first kappa shape index (κ1) is 19.7. The van der Waals surface area contributed by atoms with Crippen LogP contribution in [0.25, 0.3) is 16.8 Å². The number of benzene rings is 1. The number of amidine groups is 1. The second-order valence-corrected chi connectivity index (χ2v) is 8.11. The molecule has 2 aliphatic rings. The zero-order valence-corrected chi connectivity index (χ0v) is 17.8. The number of hydrazine groups is 1. The summed E-state index contributed by atoms with van der Waals surface area (Å²) in [6.07, 6.45) is 3.45. The van der Waals surface area contributed by atoms with Crippen LogP contribution >= 0.6 is 11.3 Å². The van der Waals surface area contributed by atoms with E-state index in [2.05, 4.69) is 5.01 Å². The van der Waals surface area contributed by atoms with Gasteiger partial charge in [-0.2, -0.15) is 0 Å². The van der Waals surface area contributed by atoms with Gasteiger partial charge in [0.15, 0.2) is 0 Å². The smallest absolute Gasteiger partial charge is 0.150 e. The van der Waals surface area contributed by atoms with Crippen molar-refractivity contribution in [2.45, 2.75) is 32.2 Å². The number of aromatic nitrogens is 1. The molecular weight excluding hydrogens is 388 g/mol. The van der Waals surface area contributed by atoms with E-state index >= 15 is 0 Å². The molecule has 0 bridgehead atoms. The Morgan fingerprint density at radius 3 is 2.62 bits per heavy atom. The van der Waals surface area contributed by atoms with Crippen molar-refractivity contribution in [3.8, 4) is 22.8 Å². The van der Waals surface area contributed by atoms with Gasteiger partial charge in [-0.3, -0.25) is 10.4 Å². The summed E-state index contributed by atoms with van der Waals surface area (Å²) in [6, 6.07) is 5.32. The van der Waals surface area contributed by atoms with Crippen LogP contribution < -0.4 is 9.47 Å². The SMILES string of the molecule is COc1ccc(OC)c(-c2csc(C3=C(O)C(C)N(N4CCCCC4)C3=N)n2)c1. The van der Waals surface area contributed by atoms with Crippen LogP contribution in [0.5, 0.6) is 11.5 Å². The highest BCUT2D eigenvalue weighted by molar-refractivity contribution is 7.11. The predicted molar refractivity (Wildman–Crippen MR) is 115 cm³/mol.